The van der Waals surface area contributed by atoms with E-state index < -0.39 is 0 Å². The van der Waals surface area contributed by atoms with E-state index in [1.165, 1.54) is 6.33 Å². The van der Waals surface area contributed by atoms with Crippen LogP contribution >= 0.6 is 0 Å². The van der Waals surface area contributed by atoms with Gasteiger partial charge in [-0.15, -0.1) is 0 Å². The molecule has 0 saturated heterocycles. The third-order valence-corrected chi connectivity index (χ3v) is 6.92. The monoisotopic (exact) mass is 465 g/mol. The molecule has 3 heterocycles. The number of nitrogens with zero attached hydrogens (tertiary/aromatic N) is 5. The maximum atomic E-state index is 6.35. The number of hydrogen-bond donors (Lipinski definition) is 2. The van der Waals surface area contributed by atoms with Gasteiger partial charge >= 0.3 is 0 Å². The summed E-state index contributed by atoms with van der Waals surface area (Å²) in [6.45, 7) is 0.743. The molecule has 8 heteroatoms. The molecule has 1 fully saturated rings. The van der Waals surface area contributed by atoms with Gasteiger partial charge in [0.25, 0.3) is 0 Å². The lowest BCUT2D eigenvalue weighted by Crippen LogP contribution is -2.24. The smallest absolute Gasteiger partial charge is 0.219 e. The first kappa shape index (κ1) is 21.5. The van der Waals surface area contributed by atoms with Crippen LogP contribution in [0.2, 0.25) is 0 Å². The van der Waals surface area contributed by atoms with Crippen molar-refractivity contribution in [3.05, 3.63) is 67.0 Å². The Kier molecular flexibility index (Phi) is 5.50. The van der Waals surface area contributed by atoms with E-state index >= 15 is 0 Å². The second-order valence-corrected chi connectivity index (χ2v) is 9.13. The van der Waals surface area contributed by atoms with Crippen LogP contribution in [0.1, 0.15) is 31.7 Å². The van der Waals surface area contributed by atoms with Crippen molar-refractivity contribution in [2.75, 3.05) is 12.3 Å². The fourth-order valence-electron chi connectivity index (χ4n) is 4.99. The minimum Gasteiger partial charge on any atom is -0.439 e. The Bertz CT molecular complexity index is 1490. The molecule has 6 rings (SSSR count). The number of ether oxygens (including phenoxy) is 1. The Morgan fingerprint density at radius 2 is 1.74 bits per heavy atom. The van der Waals surface area contributed by atoms with Crippen LogP contribution in [0.4, 0.5) is 5.82 Å². The number of hydrogen-bond acceptors (Lipinski definition) is 7. The first-order chi connectivity index (χ1) is 17.2. The van der Waals surface area contributed by atoms with Crippen molar-refractivity contribution in [2.24, 2.45) is 11.7 Å². The quantitative estimate of drug-likeness (QED) is 0.370. The van der Waals surface area contributed by atoms with E-state index in [1.54, 1.807) is 0 Å². The zero-order chi connectivity index (χ0) is 23.8. The minimum absolute atomic E-state index is 0.271. The molecule has 0 amide bonds. The van der Waals surface area contributed by atoms with Gasteiger partial charge in [0.15, 0.2) is 5.65 Å². The maximum Gasteiger partial charge on any atom is 0.219 e. The van der Waals surface area contributed by atoms with E-state index in [0.29, 0.717) is 17.6 Å². The molecule has 0 spiro atoms. The normalized spacial score (nSPS) is 18.2. The summed E-state index contributed by atoms with van der Waals surface area (Å²) >= 11 is 0. The van der Waals surface area contributed by atoms with Crippen LogP contribution in [0.25, 0.3) is 33.2 Å². The van der Waals surface area contributed by atoms with E-state index in [-0.39, 0.29) is 6.04 Å². The summed E-state index contributed by atoms with van der Waals surface area (Å²) in [4.78, 5) is 13.6. The third-order valence-electron chi connectivity index (χ3n) is 6.92. The van der Waals surface area contributed by atoms with E-state index in [2.05, 4.69) is 9.97 Å². The maximum absolute atomic E-state index is 6.35. The van der Waals surface area contributed by atoms with Crippen molar-refractivity contribution in [3.63, 3.8) is 0 Å². The van der Waals surface area contributed by atoms with Gasteiger partial charge in [-0.2, -0.15) is 5.10 Å². The Morgan fingerprint density at radius 1 is 0.943 bits per heavy atom. The predicted octanol–water partition coefficient (Wildman–Crippen LogP) is 5.11. The number of nitrogen functional groups attached to an aromatic ring is 1. The van der Waals surface area contributed by atoms with Crippen molar-refractivity contribution in [3.8, 4) is 22.9 Å². The first-order valence-corrected chi connectivity index (χ1v) is 12.0. The molecular weight excluding hydrogens is 438 g/mol. The van der Waals surface area contributed by atoms with Gasteiger partial charge < -0.3 is 16.2 Å². The molecule has 1 aliphatic carbocycles. The summed E-state index contributed by atoms with van der Waals surface area (Å²) < 4.78 is 7.99. The molecule has 0 aliphatic heterocycles. The average Bonchev–Trinajstić information content (AvgIpc) is 3.30. The van der Waals surface area contributed by atoms with Crippen LogP contribution < -0.4 is 16.2 Å². The Morgan fingerprint density at radius 3 is 2.54 bits per heavy atom. The predicted molar refractivity (Wildman–Crippen MR) is 137 cm³/mol. The van der Waals surface area contributed by atoms with Gasteiger partial charge in [0.05, 0.1) is 16.9 Å². The lowest BCUT2D eigenvalue weighted by Gasteiger charge is -2.27. The minimum atomic E-state index is 0.271. The lowest BCUT2D eigenvalue weighted by atomic mass is 9.86. The molecule has 0 atom stereocenters. The van der Waals surface area contributed by atoms with E-state index in [9.17, 15) is 0 Å². The highest BCUT2D eigenvalue weighted by molar-refractivity contribution is 5.99. The summed E-state index contributed by atoms with van der Waals surface area (Å²) in [5.74, 6) is 2.30. The number of aromatic nitrogens is 5. The Hall–Kier alpha value is -4.04. The van der Waals surface area contributed by atoms with Crippen LogP contribution in [0, 0.1) is 5.92 Å². The number of nitrogens with two attached hydrogens (primary N) is 2. The molecule has 5 aromatic rings. The van der Waals surface area contributed by atoms with Gasteiger partial charge in [-0.05, 0) is 62.4 Å². The molecule has 35 heavy (non-hydrogen) atoms. The summed E-state index contributed by atoms with van der Waals surface area (Å²) in [7, 11) is 0. The SMILES string of the molecule is NCC1CCC(n2nc(-c3ccc4ccc(Oc5ccccc5)nc4c3)c3c(N)ncnc32)CC1. The van der Waals surface area contributed by atoms with Crippen LogP contribution in [0.15, 0.2) is 67.0 Å². The Labute approximate surface area is 203 Å². The summed E-state index contributed by atoms with van der Waals surface area (Å²) in [5.41, 5.74) is 15.5. The van der Waals surface area contributed by atoms with Gasteiger partial charge in [-0.3, -0.25) is 0 Å². The average molecular weight is 466 g/mol. The van der Waals surface area contributed by atoms with Gasteiger partial charge in [0.2, 0.25) is 5.88 Å². The molecule has 3 aromatic heterocycles. The molecule has 0 bridgehead atoms. The molecule has 8 nitrogen and oxygen atoms in total. The number of benzene rings is 2. The van der Waals surface area contributed by atoms with Gasteiger partial charge in [0, 0.05) is 17.0 Å². The molecule has 0 radical (unpaired) electrons. The van der Waals surface area contributed by atoms with Crippen molar-refractivity contribution >= 4 is 27.8 Å². The van der Waals surface area contributed by atoms with Gasteiger partial charge in [0.1, 0.15) is 23.6 Å². The van der Waals surface area contributed by atoms with Gasteiger partial charge in [-0.1, -0.05) is 30.3 Å². The zero-order valence-corrected chi connectivity index (χ0v) is 19.3. The number of anilines is 1. The number of para-hydroxylation sites is 1. The van der Waals surface area contributed by atoms with Crippen molar-refractivity contribution < 1.29 is 4.74 Å². The second-order valence-electron chi connectivity index (χ2n) is 9.13. The van der Waals surface area contributed by atoms with Crippen molar-refractivity contribution in [2.45, 2.75) is 31.7 Å². The Balaban J connectivity index is 1.41. The molecule has 1 saturated carbocycles. The van der Waals surface area contributed by atoms with E-state index in [0.717, 1.165) is 71.2 Å². The molecule has 0 unspecified atom stereocenters. The van der Waals surface area contributed by atoms with Crippen LogP contribution in [0.3, 0.4) is 0 Å². The summed E-state index contributed by atoms with van der Waals surface area (Å²) in [5, 5.41) is 6.83. The highest BCUT2D eigenvalue weighted by atomic mass is 16.5. The van der Waals surface area contributed by atoms with Crippen molar-refractivity contribution in [1.29, 1.82) is 0 Å². The topological polar surface area (TPSA) is 118 Å². The molecule has 2 aromatic carbocycles. The van der Waals surface area contributed by atoms with Crippen molar-refractivity contribution in [1.82, 2.24) is 24.7 Å². The molecule has 4 N–H and O–H groups in total. The fourth-order valence-corrected chi connectivity index (χ4v) is 4.99. The largest absolute Gasteiger partial charge is 0.439 e. The van der Waals surface area contributed by atoms with Gasteiger partial charge in [-0.25, -0.2) is 19.6 Å². The molecule has 1 aliphatic rings. The van der Waals surface area contributed by atoms with E-state index in [1.807, 2.05) is 65.3 Å². The first-order valence-electron chi connectivity index (χ1n) is 12.0. The standard InChI is InChI=1S/C27H27N7O/c28-15-17-6-11-20(12-7-17)34-27-24(26(29)30-16-31-27)25(33-34)19-9-8-18-10-13-23(32-22(18)14-19)35-21-4-2-1-3-5-21/h1-5,8-10,13-14,16-17,20H,6-7,11-12,15,28H2,(H2,29,30,31). The highest BCUT2D eigenvalue weighted by Gasteiger charge is 2.26. The highest BCUT2D eigenvalue weighted by Crippen LogP contribution is 2.37. The van der Waals surface area contributed by atoms with Crippen LogP contribution in [-0.2, 0) is 0 Å². The van der Waals surface area contributed by atoms with Crippen LogP contribution in [0.5, 0.6) is 11.6 Å². The molecular formula is C27H27N7O. The number of rotatable bonds is 5. The number of pyridine rings is 1. The molecule has 176 valence electrons. The zero-order valence-electron chi connectivity index (χ0n) is 19.3. The lowest BCUT2D eigenvalue weighted by molar-refractivity contribution is 0.269. The third kappa shape index (κ3) is 4.06. The van der Waals surface area contributed by atoms with E-state index in [4.69, 9.17) is 26.3 Å². The number of fused-ring (bicyclic) bond motifs is 2. The summed E-state index contributed by atoms with van der Waals surface area (Å²) in [6.07, 6.45) is 5.77. The fraction of sp³-hybridized carbons (Fsp3) is 0.259. The second kappa shape index (κ2) is 8.96. The summed E-state index contributed by atoms with van der Waals surface area (Å²) in [6, 6.07) is 19.9. The van der Waals surface area contributed by atoms with Crippen LogP contribution in [-0.4, -0.2) is 31.3 Å².